The Morgan fingerprint density at radius 1 is 1.40 bits per heavy atom. The van der Waals surface area contributed by atoms with Gasteiger partial charge in [-0.05, 0) is 25.0 Å². The van der Waals surface area contributed by atoms with Gasteiger partial charge in [-0.3, -0.25) is 4.79 Å². The fourth-order valence-corrected chi connectivity index (χ4v) is 2.10. The Morgan fingerprint density at radius 3 is 2.80 bits per heavy atom. The summed E-state index contributed by atoms with van der Waals surface area (Å²) in [6, 6.07) is 10.2. The van der Waals surface area contributed by atoms with Crippen LogP contribution in [0, 0.1) is 0 Å². The molecule has 2 rings (SSSR count). The van der Waals surface area contributed by atoms with Crippen molar-refractivity contribution in [2.24, 2.45) is 0 Å². The maximum Gasteiger partial charge on any atom is 0.227 e. The van der Waals surface area contributed by atoms with Gasteiger partial charge in [-0.2, -0.15) is 0 Å². The van der Waals surface area contributed by atoms with Gasteiger partial charge in [-0.15, -0.1) is 6.58 Å². The number of nitrogens with zero attached hydrogens (tertiary/aromatic N) is 1. The fraction of sp³-hybridized carbons (Fsp3) is 0.308. The van der Waals surface area contributed by atoms with E-state index in [0.29, 0.717) is 12.5 Å². The summed E-state index contributed by atoms with van der Waals surface area (Å²) >= 11 is 0. The van der Waals surface area contributed by atoms with Crippen LogP contribution in [-0.2, 0) is 4.79 Å². The summed E-state index contributed by atoms with van der Waals surface area (Å²) in [5, 5.41) is 0. The third-order valence-electron chi connectivity index (χ3n) is 2.80. The summed E-state index contributed by atoms with van der Waals surface area (Å²) in [6.45, 7) is 3.74. The number of benzene rings is 1. The molecule has 0 saturated carbocycles. The Balaban J connectivity index is 2.25. The standard InChI is InChI=1S/C13H15NO/c1-2-6-11-9-10-13(15)14(11)12-7-4-3-5-8-12/h2-5,7-8,11H,1,6,9-10H2. The lowest BCUT2D eigenvalue weighted by Crippen LogP contribution is -2.32. The van der Waals surface area contributed by atoms with E-state index in [1.807, 2.05) is 41.3 Å². The quantitative estimate of drug-likeness (QED) is 0.688. The minimum atomic E-state index is 0.230. The fourth-order valence-electron chi connectivity index (χ4n) is 2.10. The molecule has 1 saturated heterocycles. The lowest BCUT2D eigenvalue weighted by atomic mass is 10.1. The van der Waals surface area contributed by atoms with Crippen LogP contribution in [-0.4, -0.2) is 11.9 Å². The molecule has 2 heteroatoms. The van der Waals surface area contributed by atoms with E-state index in [1.165, 1.54) is 0 Å². The summed E-state index contributed by atoms with van der Waals surface area (Å²) in [5.41, 5.74) is 1.01. The van der Waals surface area contributed by atoms with Crippen molar-refractivity contribution in [3.8, 4) is 0 Å². The van der Waals surface area contributed by atoms with E-state index in [2.05, 4.69) is 6.58 Å². The largest absolute Gasteiger partial charge is 0.309 e. The molecule has 1 atom stereocenters. The van der Waals surface area contributed by atoms with Crippen LogP contribution >= 0.6 is 0 Å². The zero-order valence-corrected chi connectivity index (χ0v) is 8.73. The van der Waals surface area contributed by atoms with Crippen molar-refractivity contribution < 1.29 is 4.79 Å². The highest BCUT2D eigenvalue weighted by Crippen LogP contribution is 2.28. The molecule has 1 aliphatic rings. The van der Waals surface area contributed by atoms with E-state index >= 15 is 0 Å². The van der Waals surface area contributed by atoms with Crippen molar-refractivity contribution in [1.82, 2.24) is 0 Å². The van der Waals surface area contributed by atoms with Gasteiger partial charge in [0, 0.05) is 18.2 Å². The highest BCUT2D eigenvalue weighted by Gasteiger charge is 2.30. The molecule has 1 aliphatic heterocycles. The number of rotatable bonds is 3. The van der Waals surface area contributed by atoms with Crippen molar-refractivity contribution in [1.29, 1.82) is 0 Å². The van der Waals surface area contributed by atoms with Crippen LogP contribution in [0.1, 0.15) is 19.3 Å². The second-order valence-electron chi connectivity index (χ2n) is 3.82. The molecule has 0 aromatic heterocycles. The predicted molar refractivity (Wildman–Crippen MR) is 61.8 cm³/mol. The maximum atomic E-state index is 11.8. The van der Waals surface area contributed by atoms with Gasteiger partial charge >= 0.3 is 0 Å². The Morgan fingerprint density at radius 2 is 2.13 bits per heavy atom. The summed E-state index contributed by atoms with van der Waals surface area (Å²) in [7, 11) is 0. The van der Waals surface area contributed by atoms with E-state index in [-0.39, 0.29) is 5.91 Å². The van der Waals surface area contributed by atoms with Gasteiger partial charge in [0.1, 0.15) is 0 Å². The molecule has 78 valence electrons. The van der Waals surface area contributed by atoms with Crippen molar-refractivity contribution in [2.75, 3.05) is 4.90 Å². The summed E-state index contributed by atoms with van der Waals surface area (Å²) in [4.78, 5) is 13.7. The first-order valence-electron chi connectivity index (χ1n) is 5.31. The molecular weight excluding hydrogens is 186 g/mol. The van der Waals surface area contributed by atoms with Crippen LogP contribution in [0.2, 0.25) is 0 Å². The third-order valence-corrected chi connectivity index (χ3v) is 2.80. The van der Waals surface area contributed by atoms with Crippen LogP contribution in [0.25, 0.3) is 0 Å². The second-order valence-corrected chi connectivity index (χ2v) is 3.82. The number of para-hydroxylation sites is 1. The van der Waals surface area contributed by atoms with Crippen molar-refractivity contribution >= 4 is 11.6 Å². The minimum absolute atomic E-state index is 0.230. The second kappa shape index (κ2) is 4.30. The lowest BCUT2D eigenvalue weighted by molar-refractivity contribution is -0.117. The number of hydrogen-bond donors (Lipinski definition) is 0. The van der Waals surface area contributed by atoms with Crippen LogP contribution in [0.5, 0.6) is 0 Å². The van der Waals surface area contributed by atoms with E-state index in [9.17, 15) is 4.79 Å². The zero-order chi connectivity index (χ0) is 10.7. The van der Waals surface area contributed by atoms with Gasteiger partial charge in [0.2, 0.25) is 5.91 Å². The van der Waals surface area contributed by atoms with E-state index in [0.717, 1.165) is 18.5 Å². The van der Waals surface area contributed by atoms with Crippen LogP contribution in [0.15, 0.2) is 43.0 Å². The number of carbonyl (C=O) groups is 1. The average molecular weight is 201 g/mol. The number of carbonyl (C=O) groups excluding carboxylic acids is 1. The summed E-state index contributed by atoms with van der Waals surface area (Å²) < 4.78 is 0. The first kappa shape index (κ1) is 9.97. The number of hydrogen-bond acceptors (Lipinski definition) is 1. The van der Waals surface area contributed by atoms with Gasteiger partial charge in [0.05, 0.1) is 0 Å². The van der Waals surface area contributed by atoms with Gasteiger partial charge in [-0.1, -0.05) is 24.3 Å². The molecule has 0 spiro atoms. The molecule has 1 heterocycles. The highest BCUT2D eigenvalue weighted by atomic mass is 16.2. The lowest BCUT2D eigenvalue weighted by Gasteiger charge is -2.23. The smallest absolute Gasteiger partial charge is 0.227 e. The molecule has 0 N–H and O–H groups in total. The van der Waals surface area contributed by atoms with Gasteiger partial charge in [0.25, 0.3) is 0 Å². The first-order chi connectivity index (χ1) is 7.33. The average Bonchev–Trinajstić information content (AvgIpc) is 2.62. The SMILES string of the molecule is C=CCC1CCC(=O)N1c1ccccc1. The molecule has 1 amide bonds. The molecular formula is C13H15NO. The molecule has 1 unspecified atom stereocenters. The number of anilines is 1. The maximum absolute atomic E-state index is 11.8. The third kappa shape index (κ3) is 1.94. The van der Waals surface area contributed by atoms with Crippen molar-refractivity contribution in [3.05, 3.63) is 43.0 Å². The topological polar surface area (TPSA) is 20.3 Å². The molecule has 1 aromatic rings. The molecule has 2 nitrogen and oxygen atoms in total. The predicted octanol–water partition coefficient (Wildman–Crippen LogP) is 2.76. The monoisotopic (exact) mass is 201 g/mol. The van der Waals surface area contributed by atoms with E-state index < -0.39 is 0 Å². The Hall–Kier alpha value is -1.57. The Bertz CT molecular complexity index is 358. The highest BCUT2D eigenvalue weighted by molar-refractivity contribution is 5.96. The summed E-state index contributed by atoms with van der Waals surface area (Å²) in [6.07, 6.45) is 4.37. The molecule has 15 heavy (non-hydrogen) atoms. The van der Waals surface area contributed by atoms with Crippen molar-refractivity contribution in [3.63, 3.8) is 0 Å². The van der Waals surface area contributed by atoms with Crippen LogP contribution < -0.4 is 4.90 Å². The molecule has 1 aromatic carbocycles. The van der Waals surface area contributed by atoms with E-state index in [4.69, 9.17) is 0 Å². The van der Waals surface area contributed by atoms with Crippen LogP contribution in [0.3, 0.4) is 0 Å². The van der Waals surface area contributed by atoms with Gasteiger partial charge in [0.15, 0.2) is 0 Å². The molecule has 0 bridgehead atoms. The molecule has 0 radical (unpaired) electrons. The van der Waals surface area contributed by atoms with Crippen molar-refractivity contribution in [2.45, 2.75) is 25.3 Å². The normalized spacial score (nSPS) is 20.7. The number of amides is 1. The zero-order valence-electron chi connectivity index (χ0n) is 8.73. The molecule has 1 fully saturated rings. The molecule has 0 aliphatic carbocycles. The van der Waals surface area contributed by atoms with Gasteiger partial charge in [-0.25, -0.2) is 0 Å². The van der Waals surface area contributed by atoms with Crippen LogP contribution in [0.4, 0.5) is 5.69 Å². The van der Waals surface area contributed by atoms with Gasteiger partial charge < -0.3 is 4.90 Å². The minimum Gasteiger partial charge on any atom is -0.309 e. The van der Waals surface area contributed by atoms with E-state index in [1.54, 1.807) is 0 Å². The first-order valence-corrected chi connectivity index (χ1v) is 5.31. The summed E-state index contributed by atoms with van der Waals surface area (Å²) in [5.74, 6) is 0.230. The Kier molecular flexibility index (Phi) is 2.86. The Labute approximate surface area is 90.2 Å².